The second kappa shape index (κ2) is 7.23. The van der Waals surface area contributed by atoms with Crippen molar-refractivity contribution >= 4 is 43.2 Å². The van der Waals surface area contributed by atoms with Crippen LogP contribution in [0, 0.1) is 5.82 Å². The molecular weight excluding hydrogens is 387 g/mol. The molecule has 1 aromatic rings. The molecule has 1 rings (SSSR count). The highest BCUT2D eigenvalue weighted by molar-refractivity contribution is 9.10. The number of nitrogen functional groups attached to an aromatic ring is 1. The summed E-state index contributed by atoms with van der Waals surface area (Å²) in [5, 5.41) is 0.0305. The Labute approximate surface area is 137 Å². The number of anilines is 1. The molecule has 0 fully saturated rings. The van der Waals surface area contributed by atoms with Crippen LogP contribution in [0.5, 0.6) is 0 Å². The predicted octanol–water partition coefficient (Wildman–Crippen LogP) is 2.87. The van der Waals surface area contributed by atoms with Gasteiger partial charge in [0, 0.05) is 19.7 Å². The molecule has 0 amide bonds. The Morgan fingerprint density at radius 2 is 2.14 bits per heavy atom. The van der Waals surface area contributed by atoms with Crippen LogP contribution < -0.4 is 5.73 Å². The lowest BCUT2D eigenvalue weighted by molar-refractivity contribution is 0.142. The van der Waals surface area contributed by atoms with E-state index in [-0.39, 0.29) is 28.3 Å². The molecule has 0 heterocycles. The zero-order valence-corrected chi connectivity index (χ0v) is 15.0. The third-order valence-electron chi connectivity index (χ3n) is 2.95. The fraction of sp³-hybridized carbons (Fsp3) is 0.500. The molecule has 1 unspecified atom stereocenters. The highest BCUT2D eigenvalue weighted by Gasteiger charge is 2.32. The van der Waals surface area contributed by atoms with Crippen LogP contribution in [0.2, 0.25) is 5.02 Å². The lowest BCUT2D eigenvalue weighted by atomic mass is 10.3. The van der Waals surface area contributed by atoms with Gasteiger partial charge in [0.2, 0.25) is 10.0 Å². The van der Waals surface area contributed by atoms with Crippen LogP contribution in [-0.2, 0) is 14.8 Å². The van der Waals surface area contributed by atoms with Crippen molar-refractivity contribution in [1.29, 1.82) is 0 Å². The zero-order valence-electron chi connectivity index (χ0n) is 11.9. The number of methoxy groups -OCH3 is 1. The highest BCUT2D eigenvalue weighted by Crippen LogP contribution is 2.36. The van der Waals surface area contributed by atoms with E-state index >= 15 is 0 Å². The number of nitrogens with zero attached hydrogens (tertiary/aromatic N) is 1. The second-order valence-corrected chi connectivity index (χ2v) is 7.47. The van der Waals surface area contributed by atoms with Crippen LogP contribution >= 0.6 is 27.5 Å². The molecule has 0 bridgehead atoms. The summed E-state index contributed by atoms with van der Waals surface area (Å²) in [5.74, 6) is -1.02. The Bertz CT molecular complexity index is 627. The minimum atomic E-state index is -4.07. The topological polar surface area (TPSA) is 72.6 Å². The summed E-state index contributed by atoms with van der Waals surface area (Å²) < 4.78 is 45.7. The van der Waals surface area contributed by atoms with Gasteiger partial charge in [0.25, 0.3) is 0 Å². The molecule has 2 N–H and O–H groups in total. The zero-order chi connectivity index (χ0) is 16.4. The number of halogens is 3. The fourth-order valence-corrected chi connectivity index (χ4v) is 4.25. The van der Waals surface area contributed by atoms with Crippen LogP contribution in [0.1, 0.15) is 13.8 Å². The van der Waals surface area contributed by atoms with Crippen molar-refractivity contribution in [1.82, 2.24) is 4.31 Å². The molecule has 0 saturated heterocycles. The smallest absolute Gasteiger partial charge is 0.246 e. The van der Waals surface area contributed by atoms with Gasteiger partial charge >= 0.3 is 0 Å². The summed E-state index contributed by atoms with van der Waals surface area (Å²) in [6.07, 6.45) is 0. The number of sulfonamides is 1. The second-order valence-electron chi connectivity index (χ2n) is 4.41. The summed E-state index contributed by atoms with van der Waals surface area (Å²) in [4.78, 5) is -0.544. The van der Waals surface area contributed by atoms with Crippen molar-refractivity contribution in [2.45, 2.75) is 24.8 Å². The maximum atomic E-state index is 14.2. The first-order chi connectivity index (χ1) is 9.68. The fourth-order valence-electron chi connectivity index (χ4n) is 1.96. The molecule has 0 aliphatic carbocycles. The van der Waals surface area contributed by atoms with Gasteiger partial charge in [0.1, 0.15) is 4.90 Å². The van der Waals surface area contributed by atoms with Crippen LogP contribution in [0.15, 0.2) is 15.4 Å². The average molecular weight is 404 g/mol. The highest BCUT2D eigenvalue weighted by atomic mass is 79.9. The van der Waals surface area contributed by atoms with E-state index in [0.717, 1.165) is 10.4 Å². The molecule has 0 aliphatic heterocycles. The number of nitrogens with two attached hydrogens (primary N) is 1. The summed E-state index contributed by atoms with van der Waals surface area (Å²) in [7, 11) is -2.61. The summed E-state index contributed by atoms with van der Waals surface area (Å²) in [6, 6.07) is 0.600. The van der Waals surface area contributed by atoms with Gasteiger partial charge < -0.3 is 10.5 Å². The largest absolute Gasteiger partial charge is 0.395 e. The number of likely N-dealkylation sites (N-methyl/N-ethyl adjacent to an activating group) is 1. The van der Waals surface area contributed by atoms with Gasteiger partial charge in [0.05, 0.1) is 21.8 Å². The maximum absolute atomic E-state index is 14.2. The number of benzene rings is 1. The average Bonchev–Trinajstić information content (AvgIpc) is 2.41. The quantitative estimate of drug-likeness (QED) is 0.585. The van der Waals surface area contributed by atoms with E-state index in [0.29, 0.717) is 0 Å². The molecule has 9 heteroatoms. The van der Waals surface area contributed by atoms with E-state index in [1.54, 1.807) is 13.8 Å². The van der Waals surface area contributed by atoms with E-state index in [2.05, 4.69) is 15.9 Å². The lowest BCUT2D eigenvalue weighted by Gasteiger charge is -2.27. The minimum absolute atomic E-state index is 0.0305. The third kappa shape index (κ3) is 3.68. The third-order valence-corrected chi connectivity index (χ3v) is 6.42. The summed E-state index contributed by atoms with van der Waals surface area (Å²) in [6.45, 7) is 3.69. The van der Waals surface area contributed by atoms with Crippen LogP contribution in [0.4, 0.5) is 10.1 Å². The Balaban J connectivity index is 3.43. The predicted molar refractivity (Wildman–Crippen MR) is 84.4 cm³/mol. The SMILES string of the molecule is CCN(C(C)COC)S(=O)(=O)c1cc(Cl)c(Br)c(N)c1F. The van der Waals surface area contributed by atoms with Gasteiger partial charge in [0.15, 0.2) is 5.82 Å². The molecule has 0 spiro atoms. The Morgan fingerprint density at radius 3 is 2.62 bits per heavy atom. The van der Waals surface area contributed by atoms with Crippen LogP contribution in [0.3, 0.4) is 0 Å². The van der Waals surface area contributed by atoms with Crippen LogP contribution in [-0.4, -0.2) is 39.0 Å². The molecule has 0 saturated carbocycles. The van der Waals surface area contributed by atoms with E-state index in [4.69, 9.17) is 22.1 Å². The standard InChI is InChI=1S/C12H17BrClFN2O3S/c1-4-17(7(2)6-20-3)21(18,19)9-5-8(14)10(13)12(16)11(9)15/h5,7H,4,6,16H2,1-3H3. The maximum Gasteiger partial charge on any atom is 0.246 e. The van der Waals surface area contributed by atoms with E-state index in [9.17, 15) is 12.8 Å². The number of rotatable bonds is 6. The molecule has 1 atom stereocenters. The normalized spacial score (nSPS) is 13.7. The molecule has 1 aromatic carbocycles. The van der Waals surface area contributed by atoms with Gasteiger partial charge in [-0.05, 0) is 28.9 Å². The van der Waals surface area contributed by atoms with E-state index in [1.807, 2.05) is 0 Å². The molecular formula is C12H17BrClFN2O3S. The summed E-state index contributed by atoms with van der Waals surface area (Å²) in [5.41, 5.74) is 5.21. The van der Waals surface area contributed by atoms with E-state index in [1.165, 1.54) is 7.11 Å². The first-order valence-corrected chi connectivity index (χ1v) is 8.73. The Kier molecular flexibility index (Phi) is 6.42. The Hall–Kier alpha value is -0.410. The molecule has 0 aliphatic rings. The van der Waals surface area contributed by atoms with Gasteiger partial charge in [-0.2, -0.15) is 4.31 Å². The first-order valence-electron chi connectivity index (χ1n) is 6.12. The molecule has 0 radical (unpaired) electrons. The van der Waals surface area contributed by atoms with Crippen molar-refractivity contribution in [3.63, 3.8) is 0 Å². The Morgan fingerprint density at radius 1 is 1.57 bits per heavy atom. The van der Waals surface area contributed by atoms with Gasteiger partial charge in [-0.1, -0.05) is 18.5 Å². The van der Waals surface area contributed by atoms with E-state index < -0.39 is 26.8 Å². The van der Waals surface area contributed by atoms with Crippen molar-refractivity contribution in [2.24, 2.45) is 0 Å². The van der Waals surface area contributed by atoms with Crippen molar-refractivity contribution in [3.05, 3.63) is 21.4 Å². The van der Waals surface area contributed by atoms with Gasteiger partial charge in [-0.25, -0.2) is 12.8 Å². The number of hydrogen-bond donors (Lipinski definition) is 1. The van der Waals surface area contributed by atoms with Crippen LogP contribution in [0.25, 0.3) is 0 Å². The minimum Gasteiger partial charge on any atom is -0.395 e. The molecule has 120 valence electrons. The summed E-state index contributed by atoms with van der Waals surface area (Å²) >= 11 is 8.90. The number of hydrogen-bond acceptors (Lipinski definition) is 4. The molecule has 0 aromatic heterocycles. The molecule has 21 heavy (non-hydrogen) atoms. The monoisotopic (exact) mass is 402 g/mol. The van der Waals surface area contributed by atoms with Crippen molar-refractivity contribution in [3.8, 4) is 0 Å². The lowest BCUT2D eigenvalue weighted by Crippen LogP contribution is -2.41. The van der Waals surface area contributed by atoms with Gasteiger partial charge in [-0.3, -0.25) is 0 Å². The first kappa shape index (κ1) is 18.6. The van der Waals surface area contributed by atoms with Crippen molar-refractivity contribution < 1.29 is 17.5 Å². The van der Waals surface area contributed by atoms with Crippen molar-refractivity contribution in [2.75, 3.05) is 26.0 Å². The number of ether oxygens (including phenoxy) is 1. The van der Waals surface area contributed by atoms with Gasteiger partial charge in [-0.15, -0.1) is 0 Å². The molecule has 5 nitrogen and oxygen atoms in total.